The third kappa shape index (κ3) is 2.04. The Morgan fingerprint density at radius 3 is 2.87 bits per heavy atom. The van der Waals surface area contributed by atoms with Crippen LogP contribution in [0.5, 0.6) is 0 Å². The van der Waals surface area contributed by atoms with Crippen LogP contribution in [-0.2, 0) is 6.54 Å². The van der Waals surface area contributed by atoms with E-state index in [1.165, 1.54) is 0 Å². The molecule has 0 unspecified atom stereocenters. The van der Waals surface area contributed by atoms with Gasteiger partial charge in [0, 0.05) is 22.6 Å². The fraction of sp³-hybridized carbons (Fsp3) is 0.182. The van der Waals surface area contributed by atoms with E-state index in [4.69, 9.17) is 0 Å². The van der Waals surface area contributed by atoms with Gasteiger partial charge in [0.25, 0.3) is 5.56 Å². The second kappa shape index (κ2) is 4.06. The van der Waals surface area contributed by atoms with Crippen molar-refractivity contribution in [3.63, 3.8) is 0 Å². The first-order valence-corrected chi connectivity index (χ1v) is 5.56. The van der Waals surface area contributed by atoms with Crippen molar-refractivity contribution in [3.8, 4) is 11.3 Å². The first-order valence-electron chi connectivity index (χ1n) is 4.76. The Bertz CT molecular complexity index is 527. The number of aromatic amines is 1. The molecule has 0 aliphatic rings. The molecule has 78 valence electrons. The van der Waals surface area contributed by atoms with Crippen LogP contribution < -0.4 is 5.56 Å². The number of hydrogen-bond donors (Lipinski definition) is 1. The maximum atomic E-state index is 11.2. The summed E-state index contributed by atoms with van der Waals surface area (Å²) in [7, 11) is 0. The van der Waals surface area contributed by atoms with E-state index in [0.717, 1.165) is 22.3 Å². The molecule has 3 nitrogen and oxygen atoms in total. The Kier molecular flexibility index (Phi) is 2.77. The van der Waals surface area contributed by atoms with Gasteiger partial charge in [0.15, 0.2) is 0 Å². The molecule has 0 aliphatic carbocycles. The molecule has 0 radical (unpaired) electrons. The highest BCUT2D eigenvalue weighted by Crippen LogP contribution is 2.21. The van der Waals surface area contributed by atoms with Gasteiger partial charge >= 0.3 is 0 Å². The highest BCUT2D eigenvalue weighted by atomic mass is 79.9. The number of nitrogens with one attached hydrogen (secondary N) is 1. The van der Waals surface area contributed by atoms with E-state index >= 15 is 0 Å². The molecule has 2 rings (SSSR count). The van der Waals surface area contributed by atoms with Crippen LogP contribution >= 0.6 is 15.9 Å². The highest BCUT2D eigenvalue weighted by molar-refractivity contribution is 9.10. The summed E-state index contributed by atoms with van der Waals surface area (Å²) in [6.07, 6.45) is 0. The van der Waals surface area contributed by atoms with Crippen molar-refractivity contribution in [2.24, 2.45) is 0 Å². The number of aromatic nitrogens is 2. The van der Waals surface area contributed by atoms with Crippen molar-refractivity contribution >= 4 is 15.9 Å². The fourth-order valence-electron chi connectivity index (χ4n) is 1.56. The minimum absolute atomic E-state index is 0.0631. The molecule has 0 fully saturated rings. The number of hydrogen-bond acceptors (Lipinski definition) is 1. The lowest BCUT2D eigenvalue weighted by Crippen LogP contribution is -2.04. The average Bonchev–Trinajstić information content (AvgIpc) is 2.59. The number of H-pyrrole nitrogens is 1. The molecule has 1 aromatic carbocycles. The van der Waals surface area contributed by atoms with E-state index in [1.54, 1.807) is 6.07 Å². The van der Waals surface area contributed by atoms with Crippen molar-refractivity contribution in [1.82, 2.24) is 9.78 Å². The molecule has 0 aliphatic heterocycles. The minimum atomic E-state index is -0.0631. The lowest BCUT2D eigenvalue weighted by Gasteiger charge is -2.05. The summed E-state index contributed by atoms with van der Waals surface area (Å²) in [6, 6.07) is 9.51. The van der Waals surface area contributed by atoms with Crippen LogP contribution in [0.2, 0.25) is 0 Å². The quantitative estimate of drug-likeness (QED) is 0.892. The number of rotatable bonds is 2. The minimum Gasteiger partial charge on any atom is -0.285 e. The van der Waals surface area contributed by atoms with Gasteiger partial charge in [-0.25, -0.2) is 0 Å². The molecule has 0 spiro atoms. The van der Waals surface area contributed by atoms with Crippen molar-refractivity contribution in [3.05, 3.63) is 45.2 Å². The summed E-state index contributed by atoms with van der Waals surface area (Å²) >= 11 is 3.42. The van der Waals surface area contributed by atoms with Crippen molar-refractivity contribution in [1.29, 1.82) is 0 Å². The van der Waals surface area contributed by atoms with E-state index in [-0.39, 0.29) is 5.56 Å². The van der Waals surface area contributed by atoms with Gasteiger partial charge in [-0.2, -0.15) is 0 Å². The number of halogens is 1. The standard InChI is InChI=1S/C11H11BrN2O/c1-2-14-10(7-11(15)13-14)8-4-3-5-9(12)6-8/h3-7H,2H2,1H3,(H,13,15). The van der Waals surface area contributed by atoms with Crippen LogP contribution in [0.3, 0.4) is 0 Å². The first-order chi connectivity index (χ1) is 7.20. The zero-order valence-electron chi connectivity index (χ0n) is 8.33. The van der Waals surface area contributed by atoms with Crippen LogP contribution in [0.1, 0.15) is 6.92 Å². The van der Waals surface area contributed by atoms with Gasteiger partial charge in [-0.3, -0.25) is 14.6 Å². The Morgan fingerprint density at radius 2 is 2.20 bits per heavy atom. The van der Waals surface area contributed by atoms with Crippen LogP contribution in [0.4, 0.5) is 0 Å². The van der Waals surface area contributed by atoms with Crippen molar-refractivity contribution < 1.29 is 0 Å². The van der Waals surface area contributed by atoms with E-state index in [9.17, 15) is 4.79 Å². The molecule has 0 saturated heterocycles. The lowest BCUT2D eigenvalue weighted by molar-refractivity contribution is 0.660. The molecule has 0 amide bonds. The van der Waals surface area contributed by atoms with Crippen molar-refractivity contribution in [2.45, 2.75) is 13.5 Å². The molecule has 0 saturated carbocycles. The number of benzene rings is 1. The molecule has 0 bridgehead atoms. The van der Waals surface area contributed by atoms with Gasteiger partial charge in [-0.1, -0.05) is 28.1 Å². The largest absolute Gasteiger partial charge is 0.285 e. The summed E-state index contributed by atoms with van der Waals surface area (Å²) in [5, 5.41) is 2.76. The van der Waals surface area contributed by atoms with Crippen LogP contribution in [0.15, 0.2) is 39.6 Å². The molecule has 1 aromatic heterocycles. The van der Waals surface area contributed by atoms with Gasteiger partial charge in [0.2, 0.25) is 0 Å². The third-order valence-electron chi connectivity index (χ3n) is 2.24. The van der Waals surface area contributed by atoms with Crippen LogP contribution in [-0.4, -0.2) is 9.78 Å². The fourth-order valence-corrected chi connectivity index (χ4v) is 1.96. The molecule has 0 atom stereocenters. The van der Waals surface area contributed by atoms with Crippen molar-refractivity contribution in [2.75, 3.05) is 0 Å². The zero-order valence-corrected chi connectivity index (χ0v) is 9.91. The van der Waals surface area contributed by atoms with Crippen LogP contribution in [0.25, 0.3) is 11.3 Å². The van der Waals surface area contributed by atoms with Gasteiger partial charge in [-0.05, 0) is 19.1 Å². The topological polar surface area (TPSA) is 37.8 Å². The summed E-state index contributed by atoms with van der Waals surface area (Å²) in [5.74, 6) is 0. The SMILES string of the molecule is CCn1[nH]c(=O)cc1-c1cccc(Br)c1. The van der Waals surface area contributed by atoms with Gasteiger partial charge in [0.1, 0.15) is 0 Å². The second-order valence-corrected chi connectivity index (χ2v) is 4.18. The summed E-state index contributed by atoms with van der Waals surface area (Å²) in [5.41, 5.74) is 1.89. The number of aryl methyl sites for hydroxylation is 1. The first kappa shape index (κ1) is 10.2. The van der Waals surface area contributed by atoms with Gasteiger partial charge in [-0.15, -0.1) is 0 Å². The summed E-state index contributed by atoms with van der Waals surface area (Å²) < 4.78 is 2.85. The highest BCUT2D eigenvalue weighted by Gasteiger charge is 2.05. The predicted molar refractivity (Wildman–Crippen MR) is 63.9 cm³/mol. The Morgan fingerprint density at radius 1 is 1.40 bits per heavy atom. The Hall–Kier alpha value is -1.29. The average molecular weight is 267 g/mol. The molecule has 1 N–H and O–H groups in total. The summed E-state index contributed by atoms with van der Waals surface area (Å²) in [4.78, 5) is 11.2. The van der Waals surface area contributed by atoms with E-state index < -0.39 is 0 Å². The number of nitrogens with zero attached hydrogens (tertiary/aromatic N) is 1. The molecule has 1 heterocycles. The molecule has 15 heavy (non-hydrogen) atoms. The molecular formula is C11H11BrN2O. The monoisotopic (exact) mass is 266 g/mol. The second-order valence-electron chi connectivity index (χ2n) is 3.26. The predicted octanol–water partition coefficient (Wildman–Crippen LogP) is 2.63. The van der Waals surface area contributed by atoms with Crippen LogP contribution in [0, 0.1) is 0 Å². The van der Waals surface area contributed by atoms with E-state index in [0.29, 0.717) is 0 Å². The van der Waals surface area contributed by atoms with Gasteiger partial charge < -0.3 is 0 Å². The van der Waals surface area contributed by atoms with E-state index in [2.05, 4.69) is 21.0 Å². The maximum Gasteiger partial charge on any atom is 0.264 e. The van der Waals surface area contributed by atoms with Gasteiger partial charge in [0.05, 0.1) is 5.69 Å². The molecule has 2 aromatic rings. The smallest absolute Gasteiger partial charge is 0.264 e. The normalized spacial score (nSPS) is 10.5. The molecule has 4 heteroatoms. The maximum absolute atomic E-state index is 11.2. The lowest BCUT2D eigenvalue weighted by atomic mass is 10.1. The Labute approximate surface area is 95.9 Å². The summed E-state index contributed by atoms with van der Waals surface area (Å²) in [6.45, 7) is 2.75. The third-order valence-corrected chi connectivity index (χ3v) is 2.73. The molecular weight excluding hydrogens is 256 g/mol. The van der Waals surface area contributed by atoms with E-state index in [1.807, 2.05) is 35.9 Å². The Balaban J connectivity index is 2.57. The zero-order chi connectivity index (χ0) is 10.8.